The van der Waals surface area contributed by atoms with E-state index in [0.29, 0.717) is 5.52 Å². The smallest absolute Gasteiger partial charge is 0.354 e. The maximum Gasteiger partial charge on any atom is 0.354 e. The van der Waals surface area contributed by atoms with Crippen molar-refractivity contribution in [1.82, 2.24) is 9.97 Å². The second kappa shape index (κ2) is 6.89. The van der Waals surface area contributed by atoms with Gasteiger partial charge in [0.2, 0.25) is 0 Å². The number of para-hydroxylation sites is 1. The molecule has 1 aromatic carbocycles. The van der Waals surface area contributed by atoms with E-state index in [0.717, 1.165) is 23.3 Å². The summed E-state index contributed by atoms with van der Waals surface area (Å²) in [5.74, 6) is 5.53. The van der Waals surface area contributed by atoms with Gasteiger partial charge in [0.15, 0.2) is 0 Å². The number of pyridine rings is 2. The lowest BCUT2D eigenvalue weighted by Crippen LogP contribution is -2.33. The van der Waals surface area contributed by atoms with Crippen LogP contribution in [0.3, 0.4) is 0 Å². The molecule has 0 atom stereocenters. The summed E-state index contributed by atoms with van der Waals surface area (Å²) in [4.78, 5) is 18.7. The first-order valence-electron chi connectivity index (χ1n) is 7.38. The average molecular weight is 320 g/mol. The number of aromatic nitrogens is 2. The topological polar surface area (TPSA) is 92.3 Å². The van der Waals surface area contributed by atoms with E-state index >= 15 is 0 Å². The molecule has 3 N–H and O–H groups in total. The zero-order valence-electron chi connectivity index (χ0n) is 12.8. The Kier molecular flexibility index (Phi) is 4.49. The molecule has 3 heterocycles. The maximum absolute atomic E-state index is 10.6. The van der Waals surface area contributed by atoms with Crippen LogP contribution in [0.25, 0.3) is 17.0 Å². The van der Waals surface area contributed by atoms with E-state index in [2.05, 4.69) is 9.97 Å². The molecule has 6 nitrogen and oxygen atoms in total. The molecule has 4 rings (SSSR count). The Morgan fingerprint density at radius 3 is 2.75 bits per heavy atom. The van der Waals surface area contributed by atoms with Crippen LogP contribution in [0.2, 0.25) is 0 Å². The number of hydrogen-bond acceptors (Lipinski definition) is 5. The summed E-state index contributed by atoms with van der Waals surface area (Å²) >= 11 is 0. The van der Waals surface area contributed by atoms with Crippen LogP contribution in [-0.2, 0) is 0 Å². The van der Waals surface area contributed by atoms with Gasteiger partial charge in [0.1, 0.15) is 11.5 Å². The van der Waals surface area contributed by atoms with Gasteiger partial charge in [-0.25, -0.2) is 20.6 Å². The molecule has 0 spiro atoms. The van der Waals surface area contributed by atoms with Gasteiger partial charge in [-0.2, -0.15) is 0 Å². The quantitative estimate of drug-likeness (QED) is 0.670. The normalized spacial score (nSPS) is 12.3. The van der Waals surface area contributed by atoms with E-state index in [1.54, 1.807) is 23.3 Å². The molecule has 0 radical (unpaired) electrons. The van der Waals surface area contributed by atoms with Crippen molar-refractivity contribution in [3.05, 3.63) is 72.1 Å². The summed E-state index contributed by atoms with van der Waals surface area (Å²) in [6, 6.07) is 14.6. The molecule has 0 saturated carbocycles. The Morgan fingerprint density at radius 2 is 1.96 bits per heavy atom. The number of hydrazine groups is 1. The Morgan fingerprint density at radius 1 is 1.12 bits per heavy atom. The fraction of sp³-hybridized carbons (Fsp3) is 0.0556. The van der Waals surface area contributed by atoms with E-state index in [1.165, 1.54) is 6.07 Å². The molecule has 0 aliphatic carbocycles. The predicted octanol–water partition coefficient (Wildman–Crippen LogP) is 2.72. The Hall–Kier alpha value is -3.25. The number of nitrogens with two attached hydrogens (primary N) is 1. The standard InChI is InChI=1S/C10H7NO2.C8H9N3/c12-10(13)9-6-5-7-3-1-2-4-8(7)11-9;9-11-6-2-4-7-3-1-5-10-8(7)11/h1-6H,(H,12,13);1-5H,6,9H2. The largest absolute Gasteiger partial charge is 0.477 e. The molecular formula is C18H16N4O2. The minimum atomic E-state index is -0.995. The van der Waals surface area contributed by atoms with Crippen molar-refractivity contribution in [2.45, 2.75) is 0 Å². The summed E-state index contributed by atoms with van der Waals surface area (Å²) in [5, 5.41) is 11.3. The first kappa shape index (κ1) is 15.6. The number of carboxylic acid groups (broad SMARTS) is 1. The van der Waals surface area contributed by atoms with Crippen LogP contribution in [0.5, 0.6) is 0 Å². The summed E-state index contributed by atoms with van der Waals surface area (Å²) < 4.78 is 0. The van der Waals surface area contributed by atoms with Gasteiger partial charge in [0.25, 0.3) is 0 Å². The van der Waals surface area contributed by atoms with Crippen LogP contribution in [0.1, 0.15) is 16.1 Å². The lowest BCUT2D eigenvalue weighted by Gasteiger charge is -2.20. The summed E-state index contributed by atoms with van der Waals surface area (Å²) in [6.07, 6.45) is 5.80. The molecule has 3 aromatic rings. The summed E-state index contributed by atoms with van der Waals surface area (Å²) in [7, 11) is 0. The fourth-order valence-electron chi connectivity index (χ4n) is 2.34. The number of fused-ring (bicyclic) bond motifs is 2. The highest BCUT2D eigenvalue weighted by molar-refractivity contribution is 5.89. The van der Waals surface area contributed by atoms with E-state index in [-0.39, 0.29) is 5.69 Å². The van der Waals surface area contributed by atoms with Crippen molar-refractivity contribution in [2.24, 2.45) is 5.84 Å². The van der Waals surface area contributed by atoms with Crippen LogP contribution in [0, 0.1) is 0 Å². The van der Waals surface area contributed by atoms with Crippen LogP contribution in [-0.4, -0.2) is 27.6 Å². The molecule has 1 aliphatic rings. The van der Waals surface area contributed by atoms with E-state index in [9.17, 15) is 4.79 Å². The number of nitrogens with zero attached hydrogens (tertiary/aromatic N) is 3. The number of hydrogen-bond donors (Lipinski definition) is 2. The monoisotopic (exact) mass is 320 g/mol. The van der Waals surface area contributed by atoms with Gasteiger partial charge in [-0.1, -0.05) is 36.4 Å². The van der Waals surface area contributed by atoms with Crippen molar-refractivity contribution < 1.29 is 9.90 Å². The van der Waals surface area contributed by atoms with Gasteiger partial charge < -0.3 is 5.11 Å². The fourth-order valence-corrected chi connectivity index (χ4v) is 2.34. The third kappa shape index (κ3) is 3.39. The summed E-state index contributed by atoms with van der Waals surface area (Å²) in [5.41, 5.74) is 1.88. The van der Waals surface area contributed by atoms with Gasteiger partial charge in [-0.05, 0) is 24.3 Å². The second-order valence-electron chi connectivity index (χ2n) is 5.17. The Labute approximate surface area is 138 Å². The molecule has 6 heteroatoms. The van der Waals surface area contributed by atoms with Gasteiger partial charge in [-0.15, -0.1) is 0 Å². The number of aromatic carboxylic acids is 1. The zero-order chi connectivity index (χ0) is 16.9. The molecule has 0 saturated heterocycles. The molecule has 24 heavy (non-hydrogen) atoms. The molecule has 0 bridgehead atoms. The van der Waals surface area contributed by atoms with Crippen LogP contribution in [0.15, 0.2) is 60.8 Å². The van der Waals surface area contributed by atoms with E-state index in [1.807, 2.05) is 42.5 Å². The summed E-state index contributed by atoms with van der Waals surface area (Å²) in [6.45, 7) is 0.740. The minimum Gasteiger partial charge on any atom is -0.477 e. The third-order valence-electron chi connectivity index (χ3n) is 3.51. The first-order chi connectivity index (χ1) is 11.6. The van der Waals surface area contributed by atoms with Crippen molar-refractivity contribution >= 4 is 28.8 Å². The Bertz CT molecular complexity index is 908. The Balaban J connectivity index is 0.000000143. The minimum absolute atomic E-state index is 0.0821. The molecule has 120 valence electrons. The van der Waals surface area contributed by atoms with Crippen molar-refractivity contribution in [3.63, 3.8) is 0 Å². The zero-order valence-corrected chi connectivity index (χ0v) is 12.8. The molecular weight excluding hydrogens is 304 g/mol. The molecule has 0 amide bonds. The van der Waals surface area contributed by atoms with E-state index in [4.69, 9.17) is 10.9 Å². The first-order valence-corrected chi connectivity index (χ1v) is 7.38. The van der Waals surface area contributed by atoms with Crippen molar-refractivity contribution in [2.75, 3.05) is 11.6 Å². The number of anilines is 1. The van der Waals surface area contributed by atoms with Crippen LogP contribution < -0.4 is 10.9 Å². The second-order valence-corrected chi connectivity index (χ2v) is 5.17. The number of carbonyl (C=O) groups is 1. The van der Waals surface area contributed by atoms with Crippen molar-refractivity contribution in [3.8, 4) is 0 Å². The highest BCUT2D eigenvalue weighted by Gasteiger charge is 2.08. The van der Waals surface area contributed by atoms with E-state index < -0.39 is 5.97 Å². The maximum atomic E-state index is 10.6. The molecule has 0 unspecified atom stereocenters. The van der Waals surface area contributed by atoms with Crippen LogP contribution in [0.4, 0.5) is 5.82 Å². The molecule has 0 fully saturated rings. The van der Waals surface area contributed by atoms with Crippen LogP contribution >= 0.6 is 0 Å². The van der Waals surface area contributed by atoms with Gasteiger partial charge >= 0.3 is 5.97 Å². The lowest BCUT2D eigenvalue weighted by atomic mass is 10.2. The lowest BCUT2D eigenvalue weighted by molar-refractivity contribution is 0.0691. The number of rotatable bonds is 1. The number of carboxylic acids is 1. The van der Waals surface area contributed by atoms with Gasteiger partial charge in [-0.3, -0.25) is 5.01 Å². The highest BCUT2D eigenvalue weighted by Crippen LogP contribution is 2.19. The SMILES string of the molecule is NN1CC=Cc2cccnc21.O=C(O)c1ccc2ccccc2n1. The van der Waals surface area contributed by atoms with Crippen molar-refractivity contribution in [1.29, 1.82) is 0 Å². The predicted molar refractivity (Wildman–Crippen MR) is 93.5 cm³/mol. The molecule has 2 aromatic heterocycles. The van der Waals surface area contributed by atoms with Gasteiger partial charge in [0, 0.05) is 17.1 Å². The highest BCUT2D eigenvalue weighted by atomic mass is 16.4. The average Bonchev–Trinajstić information content (AvgIpc) is 2.62. The van der Waals surface area contributed by atoms with Gasteiger partial charge in [0.05, 0.1) is 12.1 Å². The third-order valence-corrected chi connectivity index (χ3v) is 3.51. The molecule has 1 aliphatic heterocycles. The number of benzene rings is 1.